The summed E-state index contributed by atoms with van der Waals surface area (Å²) in [5.74, 6) is 1.12. The molecule has 96 valence electrons. The van der Waals surface area contributed by atoms with E-state index in [1.807, 2.05) is 26.0 Å². The van der Waals surface area contributed by atoms with Crippen LogP contribution in [-0.2, 0) is 6.42 Å². The summed E-state index contributed by atoms with van der Waals surface area (Å²) < 4.78 is 5.12. The smallest absolute Gasteiger partial charge is 0.229 e. The van der Waals surface area contributed by atoms with Crippen molar-refractivity contribution in [2.24, 2.45) is 5.92 Å². The van der Waals surface area contributed by atoms with Crippen LogP contribution in [0.1, 0.15) is 19.7 Å². The monoisotopic (exact) mass is 266 g/mol. The molecule has 2 aromatic rings. The third-order valence-corrected chi connectivity index (χ3v) is 2.98. The van der Waals surface area contributed by atoms with E-state index < -0.39 is 6.10 Å². The molecular formula is C13H15ClN2O2. The third-order valence-electron chi connectivity index (χ3n) is 2.72. The Labute approximate surface area is 111 Å². The fraction of sp³-hybridized carbons (Fsp3) is 0.385. The molecule has 1 aromatic heterocycles. The number of nitrogens with zero attached hydrogens (tertiary/aromatic N) is 2. The summed E-state index contributed by atoms with van der Waals surface area (Å²) in [4.78, 5) is 4.25. The Morgan fingerprint density at radius 3 is 2.56 bits per heavy atom. The molecule has 0 aliphatic heterocycles. The van der Waals surface area contributed by atoms with Gasteiger partial charge in [0.2, 0.25) is 11.7 Å². The van der Waals surface area contributed by atoms with Gasteiger partial charge in [0, 0.05) is 10.6 Å². The molecule has 0 aliphatic carbocycles. The molecule has 5 heteroatoms. The van der Waals surface area contributed by atoms with E-state index in [0.717, 1.165) is 5.56 Å². The first-order chi connectivity index (χ1) is 8.56. The Balaban J connectivity index is 2.13. The molecule has 1 aromatic carbocycles. The van der Waals surface area contributed by atoms with Crippen LogP contribution in [0.25, 0.3) is 11.4 Å². The number of benzene rings is 1. The van der Waals surface area contributed by atoms with Crippen molar-refractivity contribution < 1.29 is 9.63 Å². The van der Waals surface area contributed by atoms with Gasteiger partial charge in [0.05, 0.1) is 12.5 Å². The van der Waals surface area contributed by atoms with Crippen LogP contribution in [0.15, 0.2) is 28.8 Å². The van der Waals surface area contributed by atoms with Crippen LogP contribution in [-0.4, -0.2) is 21.4 Å². The summed E-state index contributed by atoms with van der Waals surface area (Å²) in [5.41, 5.74) is 0.841. The molecule has 1 atom stereocenters. The largest absolute Gasteiger partial charge is 0.392 e. The number of halogens is 1. The molecule has 0 spiro atoms. The first kappa shape index (κ1) is 13.1. The van der Waals surface area contributed by atoms with Crippen molar-refractivity contribution in [2.75, 3.05) is 0 Å². The van der Waals surface area contributed by atoms with Crippen LogP contribution in [0.3, 0.4) is 0 Å². The highest BCUT2D eigenvalue weighted by atomic mass is 35.5. The summed E-state index contributed by atoms with van der Waals surface area (Å²) in [6.45, 7) is 3.89. The summed E-state index contributed by atoms with van der Waals surface area (Å²) in [6.07, 6.45) is -0.0957. The van der Waals surface area contributed by atoms with Gasteiger partial charge >= 0.3 is 0 Å². The Kier molecular flexibility index (Phi) is 3.99. The Hall–Kier alpha value is -1.39. The lowest BCUT2D eigenvalue weighted by molar-refractivity contribution is 0.116. The van der Waals surface area contributed by atoms with Gasteiger partial charge in [-0.3, -0.25) is 0 Å². The minimum absolute atomic E-state index is 0.163. The lowest BCUT2D eigenvalue weighted by Crippen LogP contribution is -2.17. The van der Waals surface area contributed by atoms with E-state index in [9.17, 15) is 5.11 Å². The van der Waals surface area contributed by atoms with Gasteiger partial charge in [-0.2, -0.15) is 4.98 Å². The maximum atomic E-state index is 9.75. The lowest BCUT2D eigenvalue weighted by Gasteiger charge is -2.10. The van der Waals surface area contributed by atoms with Gasteiger partial charge in [-0.05, 0) is 30.2 Å². The van der Waals surface area contributed by atoms with Gasteiger partial charge in [0.1, 0.15) is 0 Å². The zero-order chi connectivity index (χ0) is 13.1. The number of hydrogen-bond acceptors (Lipinski definition) is 4. The molecule has 1 N–H and O–H groups in total. The van der Waals surface area contributed by atoms with Crippen molar-refractivity contribution in [1.82, 2.24) is 10.1 Å². The van der Waals surface area contributed by atoms with Crippen LogP contribution in [0, 0.1) is 5.92 Å². The van der Waals surface area contributed by atoms with Gasteiger partial charge in [-0.25, -0.2) is 0 Å². The maximum Gasteiger partial charge on any atom is 0.229 e. The van der Waals surface area contributed by atoms with E-state index in [2.05, 4.69) is 10.1 Å². The number of hydrogen-bond donors (Lipinski definition) is 1. The van der Waals surface area contributed by atoms with Crippen molar-refractivity contribution >= 4 is 11.6 Å². The van der Waals surface area contributed by atoms with Crippen LogP contribution in [0.4, 0.5) is 0 Å². The minimum atomic E-state index is -0.469. The van der Waals surface area contributed by atoms with E-state index in [1.165, 1.54) is 0 Å². The fourth-order valence-electron chi connectivity index (χ4n) is 1.47. The zero-order valence-corrected chi connectivity index (χ0v) is 11.1. The number of aliphatic hydroxyl groups is 1. The number of aromatic nitrogens is 2. The highest BCUT2D eigenvalue weighted by Crippen LogP contribution is 2.19. The molecule has 0 amide bonds. The molecule has 0 aliphatic rings. The van der Waals surface area contributed by atoms with E-state index >= 15 is 0 Å². The highest BCUT2D eigenvalue weighted by Gasteiger charge is 2.15. The van der Waals surface area contributed by atoms with Crippen molar-refractivity contribution in [2.45, 2.75) is 26.4 Å². The molecule has 1 unspecified atom stereocenters. The molecule has 18 heavy (non-hydrogen) atoms. The topological polar surface area (TPSA) is 59.2 Å². The average Bonchev–Trinajstić information content (AvgIpc) is 2.78. The second-order valence-corrected chi connectivity index (χ2v) is 4.97. The van der Waals surface area contributed by atoms with Crippen molar-refractivity contribution in [3.8, 4) is 11.4 Å². The highest BCUT2D eigenvalue weighted by molar-refractivity contribution is 6.30. The second-order valence-electron chi connectivity index (χ2n) is 4.53. The lowest BCUT2D eigenvalue weighted by atomic mass is 10.0. The van der Waals surface area contributed by atoms with Gasteiger partial charge in [0.15, 0.2) is 0 Å². The van der Waals surface area contributed by atoms with Crippen LogP contribution in [0.5, 0.6) is 0 Å². The van der Waals surface area contributed by atoms with E-state index in [1.54, 1.807) is 12.1 Å². The van der Waals surface area contributed by atoms with Crippen LogP contribution in [0.2, 0.25) is 5.02 Å². The summed E-state index contributed by atoms with van der Waals surface area (Å²) in [5, 5.41) is 14.3. The molecule has 0 radical (unpaired) electrons. The summed E-state index contributed by atoms with van der Waals surface area (Å²) in [7, 11) is 0. The normalized spacial score (nSPS) is 12.9. The zero-order valence-electron chi connectivity index (χ0n) is 10.3. The average molecular weight is 267 g/mol. The Morgan fingerprint density at radius 1 is 1.28 bits per heavy atom. The third kappa shape index (κ3) is 3.09. The molecule has 0 fully saturated rings. The van der Waals surface area contributed by atoms with Crippen molar-refractivity contribution in [3.05, 3.63) is 35.2 Å². The molecule has 1 heterocycles. The minimum Gasteiger partial charge on any atom is -0.392 e. The summed E-state index contributed by atoms with van der Waals surface area (Å²) >= 11 is 5.81. The van der Waals surface area contributed by atoms with Crippen molar-refractivity contribution in [3.63, 3.8) is 0 Å². The Bertz CT molecular complexity index is 508. The SMILES string of the molecule is CC(C)C(O)Cc1nc(-c2ccc(Cl)cc2)no1. The number of aliphatic hydroxyl groups excluding tert-OH is 1. The Morgan fingerprint density at radius 2 is 1.94 bits per heavy atom. The first-order valence-electron chi connectivity index (χ1n) is 5.83. The quantitative estimate of drug-likeness (QED) is 0.924. The molecule has 0 bridgehead atoms. The van der Waals surface area contributed by atoms with E-state index in [4.69, 9.17) is 16.1 Å². The molecule has 0 saturated carbocycles. The first-order valence-corrected chi connectivity index (χ1v) is 6.20. The predicted octanol–water partition coefficient (Wildman–Crippen LogP) is 2.95. The maximum absolute atomic E-state index is 9.75. The fourth-order valence-corrected chi connectivity index (χ4v) is 1.59. The van der Waals surface area contributed by atoms with Gasteiger partial charge in [-0.1, -0.05) is 30.6 Å². The predicted molar refractivity (Wildman–Crippen MR) is 69.3 cm³/mol. The van der Waals surface area contributed by atoms with Gasteiger partial charge in [0.25, 0.3) is 0 Å². The van der Waals surface area contributed by atoms with Gasteiger partial charge in [-0.15, -0.1) is 0 Å². The van der Waals surface area contributed by atoms with Gasteiger partial charge < -0.3 is 9.63 Å². The molecule has 0 saturated heterocycles. The summed E-state index contributed by atoms with van der Waals surface area (Å²) in [6, 6.07) is 7.21. The van der Waals surface area contributed by atoms with Crippen LogP contribution >= 0.6 is 11.6 Å². The molecule has 2 rings (SSSR count). The standard InChI is InChI=1S/C13H15ClN2O2/c1-8(2)11(17)7-12-15-13(16-18-12)9-3-5-10(14)6-4-9/h3-6,8,11,17H,7H2,1-2H3. The molecular weight excluding hydrogens is 252 g/mol. The second kappa shape index (κ2) is 5.50. The van der Waals surface area contributed by atoms with E-state index in [0.29, 0.717) is 23.2 Å². The number of rotatable bonds is 4. The van der Waals surface area contributed by atoms with Crippen molar-refractivity contribution in [1.29, 1.82) is 0 Å². The molecule has 4 nitrogen and oxygen atoms in total. The van der Waals surface area contributed by atoms with Crippen LogP contribution < -0.4 is 0 Å². The van der Waals surface area contributed by atoms with E-state index in [-0.39, 0.29) is 5.92 Å².